The summed E-state index contributed by atoms with van der Waals surface area (Å²) in [6, 6.07) is 29.1. The Morgan fingerprint density at radius 1 is 0.816 bits per heavy atom. The number of ether oxygens (including phenoxy) is 3. The number of aliphatic hydroxyl groups is 1. The van der Waals surface area contributed by atoms with Gasteiger partial charge >= 0.3 is 0 Å². The number of benzene rings is 3. The summed E-state index contributed by atoms with van der Waals surface area (Å²) >= 11 is 0. The van der Waals surface area contributed by atoms with Crippen LogP contribution < -0.4 is 9.47 Å². The van der Waals surface area contributed by atoms with Crippen LogP contribution in [0.3, 0.4) is 0 Å². The lowest BCUT2D eigenvalue weighted by Crippen LogP contribution is -2.31. The molecule has 1 fully saturated rings. The monoisotopic (exact) mass is 513 g/mol. The van der Waals surface area contributed by atoms with Crippen LogP contribution >= 0.6 is 0 Å². The summed E-state index contributed by atoms with van der Waals surface area (Å²) in [6.07, 6.45) is 2.40. The lowest BCUT2D eigenvalue weighted by Gasteiger charge is -2.28. The fourth-order valence-electron chi connectivity index (χ4n) is 5.10. The molecule has 1 aliphatic rings. The van der Waals surface area contributed by atoms with Crippen LogP contribution in [-0.2, 0) is 23.4 Å². The Kier molecular flexibility index (Phi) is 8.13. The van der Waals surface area contributed by atoms with E-state index in [1.54, 1.807) is 14.2 Å². The predicted molar refractivity (Wildman–Crippen MR) is 146 cm³/mol. The van der Waals surface area contributed by atoms with Crippen molar-refractivity contribution in [2.75, 3.05) is 27.4 Å². The highest BCUT2D eigenvalue weighted by Crippen LogP contribution is 2.39. The van der Waals surface area contributed by atoms with Gasteiger partial charge in [-0.1, -0.05) is 54.6 Å². The number of methoxy groups -OCH3 is 2. The zero-order chi connectivity index (χ0) is 26.4. The second-order valence-corrected chi connectivity index (χ2v) is 9.72. The first kappa shape index (κ1) is 26.0. The van der Waals surface area contributed by atoms with Crippen molar-refractivity contribution in [3.8, 4) is 11.5 Å². The van der Waals surface area contributed by atoms with Gasteiger partial charge in [0, 0.05) is 19.7 Å². The van der Waals surface area contributed by atoms with Gasteiger partial charge < -0.3 is 23.7 Å². The van der Waals surface area contributed by atoms with Gasteiger partial charge in [0.15, 0.2) is 5.60 Å². The number of nitrogens with zero attached hydrogens (tertiary/aromatic N) is 1. The maximum atomic E-state index is 12.3. The molecule has 0 unspecified atom stereocenters. The minimum Gasteiger partial charge on any atom is -0.497 e. The average molecular weight is 514 g/mol. The molecule has 0 amide bonds. The van der Waals surface area contributed by atoms with Gasteiger partial charge in [-0.2, -0.15) is 0 Å². The minimum atomic E-state index is -1.49. The van der Waals surface area contributed by atoms with Gasteiger partial charge in [0.25, 0.3) is 0 Å². The van der Waals surface area contributed by atoms with Crippen molar-refractivity contribution in [3.63, 3.8) is 0 Å². The van der Waals surface area contributed by atoms with Crippen LogP contribution in [0.5, 0.6) is 11.5 Å². The molecule has 0 bridgehead atoms. The SMILES string of the molecule is COc1ccc(C(O)(c2ccc(OC)cc2)c2ccc(CN(Cc3ccccc3)C[C@@H]3CCCO3)o2)cc1. The van der Waals surface area contributed by atoms with Crippen LogP contribution in [-0.4, -0.2) is 43.5 Å². The van der Waals surface area contributed by atoms with E-state index in [-0.39, 0.29) is 6.10 Å². The molecule has 0 aliphatic carbocycles. The molecule has 0 radical (unpaired) electrons. The molecule has 6 heteroatoms. The molecule has 5 rings (SSSR count). The lowest BCUT2D eigenvalue weighted by atomic mass is 9.84. The second kappa shape index (κ2) is 11.9. The van der Waals surface area contributed by atoms with E-state index in [0.29, 0.717) is 23.4 Å². The third-order valence-electron chi connectivity index (χ3n) is 7.15. The Labute approximate surface area is 224 Å². The zero-order valence-corrected chi connectivity index (χ0v) is 22.0. The molecule has 1 saturated heterocycles. The molecule has 1 aliphatic heterocycles. The quantitative estimate of drug-likeness (QED) is 0.275. The Morgan fingerprint density at radius 2 is 1.45 bits per heavy atom. The first-order valence-electron chi connectivity index (χ1n) is 13.1. The topological polar surface area (TPSA) is 64.3 Å². The third-order valence-corrected chi connectivity index (χ3v) is 7.15. The maximum absolute atomic E-state index is 12.3. The van der Waals surface area contributed by atoms with E-state index >= 15 is 0 Å². The van der Waals surface area contributed by atoms with Crippen LogP contribution in [0, 0.1) is 0 Å². The van der Waals surface area contributed by atoms with Crippen LogP contribution in [0.25, 0.3) is 0 Å². The molecule has 6 nitrogen and oxygen atoms in total. The van der Waals surface area contributed by atoms with Gasteiger partial charge in [-0.3, -0.25) is 4.90 Å². The fraction of sp³-hybridized carbons (Fsp3) is 0.312. The van der Waals surface area contributed by atoms with Crippen LogP contribution in [0.4, 0.5) is 0 Å². The fourth-order valence-corrected chi connectivity index (χ4v) is 5.10. The molecular formula is C32H35NO5. The zero-order valence-electron chi connectivity index (χ0n) is 22.0. The van der Waals surface area contributed by atoms with E-state index < -0.39 is 5.60 Å². The summed E-state index contributed by atoms with van der Waals surface area (Å²) < 4.78 is 23.0. The molecule has 4 aromatic rings. The molecule has 198 valence electrons. The largest absolute Gasteiger partial charge is 0.497 e. The molecule has 3 aromatic carbocycles. The number of hydrogen-bond acceptors (Lipinski definition) is 6. The van der Waals surface area contributed by atoms with Crippen molar-refractivity contribution in [3.05, 3.63) is 119 Å². The van der Waals surface area contributed by atoms with Gasteiger partial charge in [0.1, 0.15) is 23.0 Å². The molecule has 38 heavy (non-hydrogen) atoms. The van der Waals surface area contributed by atoms with Crippen molar-refractivity contribution >= 4 is 0 Å². The normalized spacial score (nSPS) is 15.6. The van der Waals surface area contributed by atoms with Crippen molar-refractivity contribution in [1.82, 2.24) is 4.90 Å². The van der Waals surface area contributed by atoms with E-state index in [0.717, 1.165) is 49.8 Å². The highest BCUT2D eigenvalue weighted by atomic mass is 16.5. The summed E-state index contributed by atoms with van der Waals surface area (Å²) in [5, 5.41) is 12.3. The van der Waals surface area contributed by atoms with Gasteiger partial charge in [0.05, 0.1) is 26.9 Å². The summed E-state index contributed by atoms with van der Waals surface area (Å²) in [5.41, 5.74) is 1.12. The summed E-state index contributed by atoms with van der Waals surface area (Å²) in [6.45, 7) is 3.05. The summed E-state index contributed by atoms with van der Waals surface area (Å²) in [4.78, 5) is 2.35. The molecule has 1 atom stereocenters. The van der Waals surface area contributed by atoms with E-state index in [9.17, 15) is 5.11 Å². The smallest absolute Gasteiger partial charge is 0.173 e. The highest BCUT2D eigenvalue weighted by Gasteiger charge is 2.37. The van der Waals surface area contributed by atoms with Crippen LogP contribution in [0.2, 0.25) is 0 Å². The summed E-state index contributed by atoms with van der Waals surface area (Å²) in [7, 11) is 3.25. The number of hydrogen-bond donors (Lipinski definition) is 1. The Morgan fingerprint density at radius 3 is 2.00 bits per heavy atom. The van der Waals surface area contributed by atoms with Crippen LogP contribution in [0.1, 0.15) is 41.1 Å². The Hall–Kier alpha value is -3.58. The lowest BCUT2D eigenvalue weighted by molar-refractivity contribution is 0.0630. The first-order chi connectivity index (χ1) is 18.6. The summed E-state index contributed by atoms with van der Waals surface area (Å²) in [5.74, 6) is 2.68. The van der Waals surface area contributed by atoms with E-state index in [1.807, 2.05) is 66.7 Å². The van der Waals surface area contributed by atoms with E-state index in [1.165, 1.54) is 5.56 Å². The third kappa shape index (κ3) is 5.78. The molecule has 1 N–H and O–H groups in total. The highest BCUT2D eigenvalue weighted by molar-refractivity contribution is 5.46. The molecular weight excluding hydrogens is 478 g/mol. The van der Waals surface area contributed by atoms with Gasteiger partial charge in [-0.05, 0) is 65.9 Å². The predicted octanol–water partition coefficient (Wildman–Crippen LogP) is 5.76. The van der Waals surface area contributed by atoms with Gasteiger partial charge in [0.2, 0.25) is 0 Å². The molecule has 0 saturated carbocycles. The van der Waals surface area contributed by atoms with Crippen molar-refractivity contribution in [2.24, 2.45) is 0 Å². The van der Waals surface area contributed by atoms with Crippen LogP contribution in [0.15, 0.2) is 95.4 Å². The number of furan rings is 1. The Bertz CT molecular complexity index is 1230. The van der Waals surface area contributed by atoms with Crippen molar-refractivity contribution in [1.29, 1.82) is 0 Å². The molecule has 2 heterocycles. The van der Waals surface area contributed by atoms with Gasteiger partial charge in [-0.25, -0.2) is 0 Å². The second-order valence-electron chi connectivity index (χ2n) is 9.72. The van der Waals surface area contributed by atoms with Gasteiger partial charge in [-0.15, -0.1) is 0 Å². The first-order valence-corrected chi connectivity index (χ1v) is 13.1. The van der Waals surface area contributed by atoms with Crippen molar-refractivity contribution < 1.29 is 23.7 Å². The minimum absolute atomic E-state index is 0.226. The maximum Gasteiger partial charge on any atom is 0.173 e. The molecule has 0 spiro atoms. The van der Waals surface area contributed by atoms with Crippen molar-refractivity contribution in [2.45, 2.75) is 37.6 Å². The Balaban J connectivity index is 1.45. The van der Waals surface area contributed by atoms with E-state index in [4.69, 9.17) is 18.6 Å². The molecule has 1 aromatic heterocycles. The standard InChI is InChI=1S/C32H35NO5/c1-35-27-14-10-25(11-15-27)32(34,26-12-16-28(36-2)17-13-26)31-19-18-30(38-31)23-33(22-29-9-6-20-37-29)21-24-7-4-3-5-8-24/h3-5,7-8,10-19,29,34H,6,9,20-23H2,1-2H3/t29-/m0/s1. The number of rotatable bonds is 11. The average Bonchev–Trinajstić information content (AvgIpc) is 3.66. The van der Waals surface area contributed by atoms with E-state index in [2.05, 4.69) is 29.2 Å².